The van der Waals surface area contributed by atoms with E-state index < -0.39 is 30.7 Å². The Balaban J connectivity index is 1.33. The minimum atomic E-state index is -0.671. The van der Waals surface area contributed by atoms with Crippen molar-refractivity contribution in [1.82, 2.24) is 0 Å². The second-order valence-corrected chi connectivity index (χ2v) is 13.3. The smallest absolute Gasteiger partial charge is 0.186 e. The molecule has 51 heavy (non-hydrogen) atoms. The van der Waals surface area contributed by atoms with E-state index in [0.717, 1.165) is 54.4 Å². The van der Waals surface area contributed by atoms with E-state index in [2.05, 4.69) is 48.5 Å². The van der Waals surface area contributed by atoms with Gasteiger partial charge in [-0.2, -0.15) is 0 Å². The van der Waals surface area contributed by atoms with Crippen LogP contribution in [0.4, 0.5) is 0 Å². The zero-order valence-electron chi connectivity index (χ0n) is 29.9. The van der Waals surface area contributed by atoms with Crippen LogP contribution in [0.3, 0.4) is 0 Å². The van der Waals surface area contributed by atoms with Gasteiger partial charge >= 0.3 is 0 Å². The van der Waals surface area contributed by atoms with Crippen LogP contribution in [0, 0.1) is 0 Å². The maximum Gasteiger partial charge on any atom is 0.186 e. The molecule has 0 amide bonds. The molecule has 4 aromatic rings. The summed E-state index contributed by atoms with van der Waals surface area (Å²) < 4.78 is 39.9. The van der Waals surface area contributed by atoms with Gasteiger partial charge in [0.05, 0.1) is 33.0 Å². The van der Waals surface area contributed by atoms with Gasteiger partial charge in [-0.25, -0.2) is 0 Å². The molecule has 1 aliphatic rings. The zero-order valence-corrected chi connectivity index (χ0v) is 29.9. The molecule has 0 aromatic heterocycles. The Bertz CT molecular complexity index is 1420. The quantitative estimate of drug-likeness (QED) is 0.0734. The lowest BCUT2D eigenvalue weighted by atomic mass is 9.97. The van der Waals surface area contributed by atoms with Gasteiger partial charge in [-0.15, -0.1) is 0 Å². The van der Waals surface area contributed by atoms with Gasteiger partial charge in [-0.05, 0) is 35.1 Å². The first-order valence-corrected chi connectivity index (χ1v) is 18.8. The van der Waals surface area contributed by atoms with Crippen LogP contribution >= 0.6 is 0 Å². The molecule has 274 valence electrons. The molecule has 0 spiro atoms. The first kappa shape index (κ1) is 38.8. The highest BCUT2D eigenvalue weighted by Crippen LogP contribution is 2.32. The van der Waals surface area contributed by atoms with Gasteiger partial charge in [0.15, 0.2) is 6.29 Å². The number of hydrogen-bond acceptors (Lipinski definition) is 7. The summed E-state index contributed by atoms with van der Waals surface area (Å²) in [7, 11) is 0. The van der Waals surface area contributed by atoms with Crippen molar-refractivity contribution < 1.29 is 33.5 Å². The van der Waals surface area contributed by atoms with Crippen LogP contribution < -0.4 is 0 Å². The van der Waals surface area contributed by atoms with Crippen LogP contribution in [-0.4, -0.2) is 55.6 Å². The summed E-state index contributed by atoms with van der Waals surface area (Å²) in [6.07, 6.45) is 6.09. The van der Waals surface area contributed by atoms with Crippen molar-refractivity contribution in [3.63, 3.8) is 0 Å². The lowest BCUT2D eigenvalue weighted by Gasteiger charge is -2.46. The van der Waals surface area contributed by atoms with Crippen molar-refractivity contribution in [2.75, 3.05) is 19.8 Å². The number of benzene rings is 4. The van der Waals surface area contributed by atoms with Crippen molar-refractivity contribution in [2.45, 2.75) is 108 Å². The molecule has 7 heteroatoms. The van der Waals surface area contributed by atoms with Crippen molar-refractivity contribution in [3.8, 4) is 0 Å². The highest BCUT2D eigenvalue weighted by molar-refractivity contribution is 5.16. The first-order chi connectivity index (χ1) is 25.3. The number of aliphatic hydroxyl groups is 1. The first-order valence-electron chi connectivity index (χ1n) is 18.8. The minimum absolute atomic E-state index is 0.286. The lowest BCUT2D eigenvalue weighted by Crippen LogP contribution is -2.61. The summed E-state index contributed by atoms with van der Waals surface area (Å²) in [5.41, 5.74) is 4.29. The summed E-state index contributed by atoms with van der Waals surface area (Å²) in [4.78, 5) is 0. The maximum atomic E-state index is 9.02. The van der Waals surface area contributed by atoms with Crippen molar-refractivity contribution in [3.05, 3.63) is 144 Å². The summed E-state index contributed by atoms with van der Waals surface area (Å²) in [6, 6.07) is 40.7. The molecule has 1 fully saturated rings. The number of ether oxygens (including phenoxy) is 6. The van der Waals surface area contributed by atoms with Crippen LogP contribution in [0.15, 0.2) is 121 Å². The molecule has 7 nitrogen and oxygen atoms in total. The second-order valence-electron chi connectivity index (χ2n) is 13.3. The SMILES string of the molecule is OCCCCCCCCCCOC1O[C@H](COCc2ccccc2)[C@@H](OCc2ccccc2)[C@H](OCc2ccccc2)[C@H]1OCc1ccccc1. The van der Waals surface area contributed by atoms with Gasteiger partial charge < -0.3 is 33.5 Å². The molecule has 1 heterocycles. The molecule has 0 aliphatic carbocycles. The van der Waals surface area contributed by atoms with Gasteiger partial charge in [0.25, 0.3) is 0 Å². The van der Waals surface area contributed by atoms with Crippen LogP contribution in [0.1, 0.15) is 73.6 Å². The number of hydrogen-bond donors (Lipinski definition) is 1. The maximum absolute atomic E-state index is 9.02. The highest BCUT2D eigenvalue weighted by Gasteiger charge is 2.49. The summed E-state index contributed by atoms with van der Waals surface area (Å²) in [5.74, 6) is 0. The van der Waals surface area contributed by atoms with Gasteiger partial charge in [-0.3, -0.25) is 0 Å². The molecule has 1 N–H and O–H groups in total. The molecule has 1 saturated heterocycles. The van der Waals surface area contributed by atoms with E-state index in [9.17, 15) is 0 Å². The second kappa shape index (κ2) is 23.2. The fourth-order valence-corrected chi connectivity index (χ4v) is 6.36. The molecule has 5 rings (SSSR count). The standard InChI is InChI=1S/C44H56O7/c45-29-19-5-3-1-2-4-6-20-30-47-44-43(50-34-39-27-17-10-18-28-39)42(49-33-38-25-15-9-16-26-38)41(48-32-37-23-13-8-14-24-37)40(51-44)35-46-31-36-21-11-7-12-22-36/h7-18,21-28,40-45H,1-6,19-20,29-35H2/t40-,41-,42+,43-,44?/m1/s1. The van der Waals surface area contributed by atoms with E-state index >= 15 is 0 Å². The van der Waals surface area contributed by atoms with E-state index in [1.807, 2.05) is 72.8 Å². The molecular weight excluding hydrogens is 640 g/mol. The molecule has 0 bridgehead atoms. The van der Waals surface area contributed by atoms with Crippen LogP contribution in [0.2, 0.25) is 0 Å². The molecule has 0 radical (unpaired) electrons. The molecule has 0 saturated carbocycles. The Morgan fingerprint density at radius 1 is 0.431 bits per heavy atom. The third kappa shape index (κ3) is 13.9. The lowest BCUT2D eigenvalue weighted by molar-refractivity contribution is -0.328. The van der Waals surface area contributed by atoms with Gasteiger partial charge in [0, 0.05) is 13.2 Å². The zero-order chi connectivity index (χ0) is 35.2. The largest absolute Gasteiger partial charge is 0.396 e. The summed E-state index contributed by atoms with van der Waals surface area (Å²) >= 11 is 0. The van der Waals surface area contributed by atoms with Crippen molar-refractivity contribution in [2.24, 2.45) is 0 Å². The third-order valence-corrected chi connectivity index (χ3v) is 9.18. The predicted octanol–water partition coefficient (Wildman–Crippen LogP) is 8.81. The summed E-state index contributed by atoms with van der Waals surface area (Å²) in [6.45, 7) is 2.78. The fourth-order valence-electron chi connectivity index (χ4n) is 6.36. The minimum Gasteiger partial charge on any atom is -0.396 e. The number of aliphatic hydroxyl groups excluding tert-OH is 1. The monoisotopic (exact) mass is 696 g/mol. The van der Waals surface area contributed by atoms with E-state index in [1.165, 1.54) is 19.3 Å². The molecule has 4 aromatic carbocycles. The molecule has 1 aliphatic heterocycles. The van der Waals surface area contributed by atoms with Crippen LogP contribution in [0.25, 0.3) is 0 Å². The normalized spacial score (nSPS) is 20.4. The van der Waals surface area contributed by atoms with E-state index in [0.29, 0.717) is 39.6 Å². The van der Waals surface area contributed by atoms with Gasteiger partial charge in [0.1, 0.15) is 24.4 Å². The Hall–Kier alpha value is -3.40. The Morgan fingerprint density at radius 2 is 0.843 bits per heavy atom. The fraction of sp³-hybridized carbons (Fsp3) is 0.455. The highest BCUT2D eigenvalue weighted by atomic mass is 16.7. The Labute approximate surface area is 304 Å². The average molecular weight is 697 g/mol. The van der Waals surface area contributed by atoms with E-state index in [4.69, 9.17) is 33.5 Å². The van der Waals surface area contributed by atoms with E-state index in [-0.39, 0.29) is 6.61 Å². The molecular formula is C44H56O7. The third-order valence-electron chi connectivity index (χ3n) is 9.18. The molecule has 1 unspecified atom stereocenters. The van der Waals surface area contributed by atoms with Gasteiger partial charge in [-0.1, -0.05) is 160 Å². The molecule has 5 atom stereocenters. The average Bonchev–Trinajstić information content (AvgIpc) is 3.18. The number of rotatable bonds is 24. The van der Waals surface area contributed by atoms with Gasteiger partial charge in [0.2, 0.25) is 0 Å². The Kier molecular flexibility index (Phi) is 17.7. The topological polar surface area (TPSA) is 75.6 Å². The predicted molar refractivity (Wildman–Crippen MR) is 200 cm³/mol. The van der Waals surface area contributed by atoms with Crippen molar-refractivity contribution in [1.29, 1.82) is 0 Å². The van der Waals surface area contributed by atoms with Crippen molar-refractivity contribution >= 4 is 0 Å². The number of unbranched alkanes of at least 4 members (excludes halogenated alkanes) is 7. The summed E-state index contributed by atoms with van der Waals surface area (Å²) in [5, 5.41) is 9.02. The van der Waals surface area contributed by atoms with E-state index in [1.54, 1.807) is 0 Å². The van der Waals surface area contributed by atoms with Crippen LogP contribution in [-0.2, 0) is 54.8 Å². The van der Waals surface area contributed by atoms with Crippen LogP contribution in [0.5, 0.6) is 0 Å². The Morgan fingerprint density at radius 3 is 1.33 bits per heavy atom.